The van der Waals surface area contributed by atoms with E-state index in [1.54, 1.807) is 61.7 Å². The monoisotopic (exact) mass is 635 g/mol. The molecule has 12 heteroatoms. The van der Waals surface area contributed by atoms with E-state index < -0.39 is 21.0 Å². The maximum atomic E-state index is 13.1. The molecule has 4 aromatic rings. The van der Waals surface area contributed by atoms with Crippen LogP contribution >= 0.6 is 11.6 Å². The molecule has 0 unspecified atom stereocenters. The van der Waals surface area contributed by atoms with Crippen LogP contribution in [0, 0.1) is 0 Å². The third-order valence-corrected chi connectivity index (χ3v) is 9.44. The lowest BCUT2D eigenvalue weighted by Crippen LogP contribution is -2.21. The van der Waals surface area contributed by atoms with Crippen LogP contribution in [0.5, 0.6) is 5.75 Å². The number of amides is 2. The van der Waals surface area contributed by atoms with Gasteiger partial charge in [0.2, 0.25) is 5.95 Å². The Balaban J connectivity index is 1.38. The van der Waals surface area contributed by atoms with Gasteiger partial charge in [-0.15, -0.1) is 0 Å². The van der Waals surface area contributed by atoms with Crippen molar-refractivity contribution in [1.29, 1.82) is 0 Å². The standard InChI is InChI=1S/C32H34ClN5O5S/c1-4-6-26(7-5-2)44(41,42)27-15-10-22(11-16-27)38-32-34-19-24(20-35-32)37-31(40)28-18-23(12-17-29(28)33)36-30(39)21-8-13-25(43-3)14-9-21/h8-20,26H,4-7H2,1-3H3,(H,36,39)(H,37,40)(H,34,35,38). The summed E-state index contributed by atoms with van der Waals surface area (Å²) in [4.78, 5) is 34.4. The Morgan fingerprint density at radius 3 is 2.00 bits per heavy atom. The largest absolute Gasteiger partial charge is 0.497 e. The number of anilines is 4. The SMILES string of the molecule is CCCC(CCC)S(=O)(=O)c1ccc(Nc2ncc(NC(=O)c3cc(NC(=O)c4ccc(OC)cc4)ccc3Cl)cn2)cc1. The first-order chi connectivity index (χ1) is 21.1. The van der Waals surface area contributed by atoms with Crippen molar-refractivity contribution in [1.82, 2.24) is 9.97 Å². The van der Waals surface area contributed by atoms with Crippen molar-refractivity contribution in [3.63, 3.8) is 0 Å². The van der Waals surface area contributed by atoms with Crippen LogP contribution in [0.15, 0.2) is 84.0 Å². The highest BCUT2D eigenvalue weighted by Gasteiger charge is 2.26. The summed E-state index contributed by atoms with van der Waals surface area (Å²) >= 11 is 6.28. The molecule has 230 valence electrons. The Bertz CT molecular complexity index is 1690. The average Bonchev–Trinajstić information content (AvgIpc) is 3.03. The number of ether oxygens (including phenoxy) is 1. The molecule has 44 heavy (non-hydrogen) atoms. The van der Waals surface area contributed by atoms with Gasteiger partial charge in [0.1, 0.15) is 5.75 Å². The molecule has 0 saturated heterocycles. The van der Waals surface area contributed by atoms with Crippen LogP contribution in [0.25, 0.3) is 0 Å². The smallest absolute Gasteiger partial charge is 0.257 e. The van der Waals surface area contributed by atoms with Crippen LogP contribution in [0.1, 0.15) is 60.2 Å². The first kappa shape index (κ1) is 32.4. The molecule has 0 fully saturated rings. The van der Waals surface area contributed by atoms with E-state index in [1.165, 1.54) is 24.5 Å². The molecule has 2 amide bonds. The summed E-state index contributed by atoms with van der Waals surface area (Å²) in [7, 11) is -1.87. The summed E-state index contributed by atoms with van der Waals surface area (Å²) in [6, 6.07) is 17.7. The lowest BCUT2D eigenvalue weighted by atomic mass is 10.1. The molecular formula is C32H34ClN5O5S. The summed E-state index contributed by atoms with van der Waals surface area (Å²) in [5.74, 6) is 0.0202. The lowest BCUT2D eigenvalue weighted by Gasteiger charge is -2.16. The Hall–Kier alpha value is -4.48. The maximum absolute atomic E-state index is 13.1. The van der Waals surface area contributed by atoms with E-state index in [-0.39, 0.29) is 27.3 Å². The number of hydrogen-bond donors (Lipinski definition) is 3. The molecule has 0 bridgehead atoms. The molecule has 1 aromatic heterocycles. The van der Waals surface area contributed by atoms with Gasteiger partial charge in [-0.2, -0.15) is 0 Å². The van der Waals surface area contributed by atoms with Crippen molar-refractivity contribution in [2.75, 3.05) is 23.1 Å². The third-order valence-electron chi connectivity index (χ3n) is 6.83. The van der Waals surface area contributed by atoms with Crippen LogP contribution in [0.2, 0.25) is 5.02 Å². The second-order valence-electron chi connectivity index (χ2n) is 10.0. The highest BCUT2D eigenvalue weighted by molar-refractivity contribution is 7.92. The Morgan fingerprint density at radius 2 is 1.41 bits per heavy atom. The van der Waals surface area contributed by atoms with Gasteiger partial charge >= 0.3 is 0 Å². The number of halogens is 1. The second kappa shape index (κ2) is 14.8. The molecular weight excluding hydrogens is 602 g/mol. The zero-order valence-electron chi connectivity index (χ0n) is 24.6. The number of rotatable bonds is 13. The molecule has 3 N–H and O–H groups in total. The van der Waals surface area contributed by atoms with Gasteiger partial charge in [0.15, 0.2) is 9.84 Å². The number of carbonyl (C=O) groups excluding carboxylic acids is 2. The van der Waals surface area contributed by atoms with Gasteiger partial charge < -0.3 is 20.7 Å². The van der Waals surface area contributed by atoms with E-state index in [4.69, 9.17) is 16.3 Å². The van der Waals surface area contributed by atoms with E-state index in [1.807, 2.05) is 13.8 Å². The fraction of sp³-hybridized carbons (Fsp3) is 0.250. The summed E-state index contributed by atoms with van der Waals surface area (Å²) in [5, 5.41) is 8.30. The summed E-state index contributed by atoms with van der Waals surface area (Å²) in [6.07, 6.45) is 5.72. The molecule has 0 spiro atoms. The normalized spacial score (nSPS) is 11.2. The van der Waals surface area contributed by atoms with Gasteiger partial charge in [0.25, 0.3) is 11.8 Å². The van der Waals surface area contributed by atoms with E-state index in [9.17, 15) is 18.0 Å². The summed E-state index contributed by atoms with van der Waals surface area (Å²) in [5.41, 5.74) is 1.90. The van der Waals surface area contributed by atoms with Crippen molar-refractivity contribution in [2.24, 2.45) is 0 Å². The van der Waals surface area contributed by atoms with Crippen LogP contribution < -0.4 is 20.7 Å². The second-order valence-corrected chi connectivity index (χ2v) is 12.7. The van der Waals surface area contributed by atoms with E-state index >= 15 is 0 Å². The maximum Gasteiger partial charge on any atom is 0.257 e. The number of carbonyl (C=O) groups is 2. The third kappa shape index (κ3) is 8.12. The number of hydrogen-bond acceptors (Lipinski definition) is 8. The molecule has 0 aliphatic heterocycles. The minimum Gasteiger partial charge on any atom is -0.497 e. The predicted molar refractivity (Wildman–Crippen MR) is 173 cm³/mol. The Kier molecular flexibility index (Phi) is 10.9. The lowest BCUT2D eigenvalue weighted by molar-refractivity contribution is 0.101. The molecule has 0 radical (unpaired) electrons. The highest BCUT2D eigenvalue weighted by atomic mass is 35.5. The topological polar surface area (TPSA) is 139 Å². The van der Waals surface area contributed by atoms with Crippen LogP contribution in [0.4, 0.5) is 23.0 Å². The quantitative estimate of drug-likeness (QED) is 0.141. The van der Waals surface area contributed by atoms with Gasteiger partial charge in [-0.25, -0.2) is 18.4 Å². The van der Waals surface area contributed by atoms with Crippen molar-refractivity contribution in [2.45, 2.75) is 49.7 Å². The average molecular weight is 636 g/mol. The molecule has 1 heterocycles. The van der Waals surface area contributed by atoms with Crippen LogP contribution in [-0.2, 0) is 9.84 Å². The number of aromatic nitrogens is 2. The van der Waals surface area contributed by atoms with E-state index in [2.05, 4.69) is 25.9 Å². The highest BCUT2D eigenvalue weighted by Crippen LogP contribution is 2.26. The van der Waals surface area contributed by atoms with E-state index in [0.717, 1.165) is 12.8 Å². The minimum absolute atomic E-state index is 0.150. The Morgan fingerprint density at radius 1 is 0.818 bits per heavy atom. The number of nitrogens with zero attached hydrogens (tertiary/aromatic N) is 2. The van der Waals surface area contributed by atoms with Gasteiger partial charge in [-0.05, 0) is 79.6 Å². The fourth-order valence-electron chi connectivity index (χ4n) is 4.53. The van der Waals surface area contributed by atoms with Crippen LogP contribution in [0.3, 0.4) is 0 Å². The zero-order valence-corrected chi connectivity index (χ0v) is 26.2. The molecule has 0 aliphatic rings. The first-order valence-electron chi connectivity index (χ1n) is 14.1. The van der Waals surface area contributed by atoms with Crippen molar-refractivity contribution in [3.8, 4) is 5.75 Å². The van der Waals surface area contributed by atoms with Gasteiger partial charge in [-0.3, -0.25) is 9.59 Å². The molecule has 3 aromatic carbocycles. The minimum atomic E-state index is -3.42. The van der Waals surface area contributed by atoms with E-state index in [0.29, 0.717) is 41.2 Å². The summed E-state index contributed by atoms with van der Waals surface area (Å²) < 4.78 is 31.2. The number of methoxy groups -OCH3 is 1. The van der Waals surface area contributed by atoms with Crippen molar-refractivity contribution >= 4 is 56.3 Å². The molecule has 4 rings (SSSR count). The zero-order chi connectivity index (χ0) is 31.7. The van der Waals surface area contributed by atoms with Gasteiger partial charge in [0.05, 0.1) is 45.9 Å². The fourth-order valence-corrected chi connectivity index (χ4v) is 6.72. The summed E-state index contributed by atoms with van der Waals surface area (Å²) in [6.45, 7) is 3.98. The molecule has 0 saturated carbocycles. The molecule has 10 nitrogen and oxygen atoms in total. The Labute approximate surface area is 262 Å². The molecule has 0 aliphatic carbocycles. The predicted octanol–water partition coefficient (Wildman–Crippen LogP) is 7.13. The number of nitrogens with one attached hydrogen (secondary N) is 3. The van der Waals surface area contributed by atoms with Gasteiger partial charge in [-0.1, -0.05) is 38.3 Å². The van der Waals surface area contributed by atoms with Crippen LogP contribution in [-0.4, -0.2) is 42.6 Å². The number of benzene rings is 3. The first-order valence-corrected chi connectivity index (χ1v) is 16.1. The van der Waals surface area contributed by atoms with Gasteiger partial charge in [0, 0.05) is 16.9 Å². The van der Waals surface area contributed by atoms with Crippen molar-refractivity contribution < 1.29 is 22.7 Å². The van der Waals surface area contributed by atoms with Crippen molar-refractivity contribution in [3.05, 3.63) is 95.3 Å². The number of sulfone groups is 1. The molecule has 0 atom stereocenters.